The summed E-state index contributed by atoms with van der Waals surface area (Å²) in [5, 5.41) is 14.4. The molecule has 108 valence electrons. The Labute approximate surface area is 118 Å². The van der Waals surface area contributed by atoms with E-state index in [2.05, 4.69) is 19.2 Å². The smallest absolute Gasteiger partial charge is 0.293 e. The Morgan fingerprint density at radius 3 is 2.45 bits per heavy atom. The van der Waals surface area contributed by atoms with E-state index in [1.165, 1.54) is 12.5 Å². The average Bonchev–Trinajstić information content (AvgIpc) is 2.37. The van der Waals surface area contributed by atoms with Crippen LogP contribution in [0.2, 0.25) is 0 Å². The van der Waals surface area contributed by atoms with Crippen LogP contribution in [0.25, 0.3) is 0 Å². The first-order chi connectivity index (χ1) is 9.49. The van der Waals surface area contributed by atoms with Gasteiger partial charge in [-0.1, -0.05) is 13.8 Å². The van der Waals surface area contributed by atoms with Crippen LogP contribution < -0.4 is 5.32 Å². The number of aldehydes is 1. The number of hydrogen-bond acceptors (Lipinski definition) is 4. The summed E-state index contributed by atoms with van der Waals surface area (Å²) in [7, 11) is 0. The van der Waals surface area contributed by atoms with Crippen LogP contribution in [0.3, 0.4) is 0 Å². The van der Waals surface area contributed by atoms with E-state index >= 15 is 0 Å². The molecule has 1 aromatic rings. The summed E-state index contributed by atoms with van der Waals surface area (Å²) in [6, 6.07) is 4.82. The van der Waals surface area contributed by atoms with Gasteiger partial charge in [0.25, 0.3) is 5.69 Å². The van der Waals surface area contributed by atoms with E-state index in [9.17, 15) is 14.9 Å². The molecule has 0 spiro atoms. The van der Waals surface area contributed by atoms with Crippen LogP contribution in [0.1, 0.15) is 43.5 Å². The summed E-state index contributed by atoms with van der Waals surface area (Å²) in [4.78, 5) is 21.4. The van der Waals surface area contributed by atoms with Crippen molar-refractivity contribution in [1.82, 2.24) is 0 Å². The first-order valence-corrected chi connectivity index (χ1v) is 6.99. The molecule has 1 saturated carbocycles. The third-order valence-corrected chi connectivity index (χ3v) is 3.89. The Balaban J connectivity index is 2.20. The minimum atomic E-state index is -0.439. The molecular formula is C15H20N2O3. The molecule has 2 atom stereocenters. The lowest BCUT2D eigenvalue weighted by atomic mass is 9.80. The number of benzene rings is 1. The molecule has 1 aliphatic carbocycles. The molecule has 1 N–H and O–H groups in total. The minimum Gasteiger partial charge on any atom is -0.377 e. The van der Waals surface area contributed by atoms with Crippen molar-refractivity contribution in [1.29, 1.82) is 0 Å². The van der Waals surface area contributed by atoms with Crippen LogP contribution >= 0.6 is 0 Å². The highest BCUT2D eigenvalue weighted by Gasteiger charge is 2.25. The highest BCUT2D eigenvalue weighted by atomic mass is 16.6. The molecule has 0 saturated heterocycles. The van der Waals surface area contributed by atoms with E-state index in [1.54, 1.807) is 12.1 Å². The predicted molar refractivity (Wildman–Crippen MR) is 78.1 cm³/mol. The molecule has 0 radical (unpaired) electrons. The average molecular weight is 276 g/mol. The summed E-state index contributed by atoms with van der Waals surface area (Å²) in [5.41, 5.74) is 0.806. The molecule has 2 unspecified atom stereocenters. The molecule has 2 rings (SSSR count). The number of carbonyl (C=O) groups excluding carboxylic acids is 1. The fraction of sp³-hybridized carbons (Fsp3) is 0.533. The minimum absolute atomic E-state index is 0.0273. The largest absolute Gasteiger partial charge is 0.377 e. The summed E-state index contributed by atoms with van der Waals surface area (Å²) in [6.45, 7) is 4.43. The van der Waals surface area contributed by atoms with Gasteiger partial charge in [0.15, 0.2) is 0 Å². The SMILES string of the molecule is CC1CC(C)CC(Nc2ccc(C=O)cc2[N+](=O)[O-])C1. The number of nitro benzene ring substituents is 1. The number of rotatable bonds is 4. The maximum absolute atomic E-state index is 11.1. The highest BCUT2D eigenvalue weighted by Crippen LogP contribution is 2.33. The van der Waals surface area contributed by atoms with Gasteiger partial charge in [0.2, 0.25) is 0 Å². The number of nitrogens with one attached hydrogen (secondary N) is 1. The second kappa shape index (κ2) is 6.03. The van der Waals surface area contributed by atoms with Gasteiger partial charge in [0.1, 0.15) is 12.0 Å². The Morgan fingerprint density at radius 2 is 1.90 bits per heavy atom. The van der Waals surface area contributed by atoms with Crippen molar-refractivity contribution in [2.24, 2.45) is 11.8 Å². The van der Waals surface area contributed by atoms with Crippen LogP contribution in [0.5, 0.6) is 0 Å². The van der Waals surface area contributed by atoms with E-state index < -0.39 is 4.92 Å². The van der Waals surface area contributed by atoms with Crippen LogP contribution in [-0.4, -0.2) is 17.3 Å². The Kier molecular flexibility index (Phi) is 4.37. The van der Waals surface area contributed by atoms with Gasteiger partial charge in [0.05, 0.1) is 4.92 Å². The van der Waals surface area contributed by atoms with Gasteiger partial charge in [-0.25, -0.2) is 0 Å². The molecule has 20 heavy (non-hydrogen) atoms. The van der Waals surface area contributed by atoms with E-state index in [-0.39, 0.29) is 11.7 Å². The Morgan fingerprint density at radius 1 is 1.25 bits per heavy atom. The molecule has 5 heteroatoms. The van der Waals surface area contributed by atoms with Gasteiger partial charge in [0, 0.05) is 17.7 Å². The molecule has 0 bridgehead atoms. The third-order valence-electron chi connectivity index (χ3n) is 3.89. The van der Waals surface area contributed by atoms with E-state index in [4.69, 9.17) is 0 Å². The topological polar surface area (TPSA) is 72.2 Å². The molecule has 0 aliphatic heterocycles. The van der Waals surface area contributed by atoms with E-state index in [0.717, 1.165) is 12.8 Å². The fourth-order valence-electron chi connectivity index (χ4n) is 3.18. The normalized spacial score (nSPS) is 26.0. The van der Waals surface area contributed by atoms with Crippen LogP contribution in [0.4, 0.5) is 11.4 Å². The maximum atomic E-state index is 11.1. The van der Waals surface area contributed by atoms with E-state index in [0.29, 0.717) is 29.4 Å². The lowest BCUT2D eigenvalue weighted by Gasteiger charge is -2.32. The van der Waals surface area contributed by atoms with Crippen molar-refractivity contribution in [3.8, 4) is 0 Å². The second-order valence-corrected chi connectivity index (χ2v) is 5.91. The van der Waals surface area contributed by atoms with Crippen LogP contribution in [-0.2, 0) is 0 Å². The molecule has 1 aromatic carbocycles. The molecule has 0 aromatic heterocycles. The molecule has 0 amide bonds. The summed E-state index contributed by atoms with van der Waals surface area (Å²) in [5.74, 6) is 1.26. The zero-order chi connectivity index (χ0) is 14.7. The molecular weight excluding hydrogens is 256 g/mol. The number of carbonyl (C=O) groups is 1. The number of nitro groups is 1. The number of nitrogens with zero attached hydrogens (tertiary/aromatic N) is 1. The Hall–Kier alpha value is -1.91. The first-order valence-electron chi connectivity index (χ1n) is 6.99. The summed E-state index contributed by atoms with van der Waals surface area (Å²) < 4.78 is 0. The molecule has 1 fully saturated rings. The van der Waals surface area contributed by atoms with E-state index in [1.807, 2.05) is 0 Å². The standard InChI is InChI=1S/C15H20N2O3/c1-10-5-11(2)7-13(6-10)16-14-4-3-12(9-18)8-15(14)17(19)20/h3-4,8-11,13,16H,5-7H2,1-2H3. The quantitative estimate of drug-likeness (QED) is 0.517. The van der Waals surface area contributed by atoms with Crippen molar-refractivity contribution in [2.75, 3.05) is 5.32 Å². The lowest BCUT2D eigenvalue weighted by molar-refractivity contribution is -0.384. The zero-order valence-corrected chi connectivity index (χ0v) is 11.8. The van der Waals surface area contributed by atoms with Crippen LogP contribution in [0.15, 0.2) is 18.2 Å². The molecule has 1 aliphatic rings. The number of hydrogen-bond donors (Lipinski definition) is 1. The number of anilines is 1. The van der Waals surface area contributed by atoms with Crippen LogP contribution in [0, 0.1) is 22.0 Å². The van der Waals surface area contributed by atoms with Gasteiger partial charge < -0.3 is 5.32 Å². The Bertz CT molecular complexity index is 506. The van der Waals surface area contributed by atoms with Gasteiger partial charge >= 0.3 is 0 Å². The lowest BCUT2D eigenvalue weighted by Crippen LogP contribution is -2.30. The van der Waals surface area contributed by atoms with Crippen molar-refractivity contribution in [2.45, 2.75) is 39.2 Å². The van der Waals surface area contributed by atoms with Crippen molar-refractivity contribution in [3.05, 3.63) is 33.9 Å². The molecule has 5 nitrogen and oxygen atoms in total. The summed E-state index contributed by atoms with van der Waals surface area (Å²) >= 11 is 0. The second-order valence-electron chi connectivity index (χ2n) is 5.91. The van der Waals surface area contributed by atoms with Crippen molar-refractivity contribution >= 4 is 17.7 Å². The van der Waals surface area contributed by atoms with Crippen molar-refractivity contribution < 1.29 is 9.72 Å². The third kappa shape index (κ3) is 3.35. The van der Waals surface area contributed by atoms with Gasteiger partial charge in [-0.2, -0.15) is 0 Å². The first kappa shape index (κ1) is 14.5. The fourth-order valence-corrected chi connectivity index (χ4v) is 3.18. The predicted octanol–water partition coefficient (Wildman–Crippen LogP) is 3.64. The van der Waals surface area contributed by atoms with Crippen molar-refractivity contribution in [3.63, 3.8) is 0 Å². The van der Waals surface area contributed by atoms with Gasteiger partial charge in [-0.3, -0.25) is 14.9 Å². The van der Waals surface area contributed by atoms with Gasteiger partial charge in [-0.05, 0) is 43.2 Å². The summed E-state index contributed by atoms with van der Waals surface area (Å²) in [6.07, 6.45) is 3.89. The maximum Gasteiger partial charge on any atom is 0.293 e. The molecule has 0 heterocycles. The monoisotopic (exact) mass is 276 g/mol. The van der Waals surface area contributed by atoms with Gasteiger partial charge in [-0.15, -0.1) is 0 Å². The highest BCUT2D eigenvalue weighted by molar-refractivity contribution is 5.79. The zero-order valence-electron chi connectivity index (χ0n) is 11.8.